The summed E-state index contributed by atoms with van der Waals surface area (Å²) < 4.78 is 2.53. The van der Waals surface area contributed by atoms with E-state index in [0.29, 0.717) is 21.9 Å². The molecule has 1 aromatic carbocycles. The van der Waals surface area contributed by atoms with E-state index in [1.807, 2.05) is 12.1 Å². The fourth-order valence-electron chi connectivity index (χ4n) is 2.75. The molecular formula is C17H14N6O3S. The molecule has 0 unspecified atom stereocenters. The Balaban J connectivity index is 1.65. The highest BCUT2D eigenvalue weighted by Crippen LogP contribution is 2.17. The van der Waals surface area contributed by atoms with Gasteiger partial charge in [0, 0.05) is 10.8 Å². The summed E-state index contributed by atoms with van der Waals surface area (Å²) in [6.45, 7) is 3.10. The molecule has 0 atom stereocenters. The van der Waals surface area contributed by atoms with Gasteiger partial charge in [-0.05, 0) is 19.9 Å². The fraction of sp³-hybridized carbons (Fsp3) is 0.176. The second-order valence-electron chi connectivity index (χ2n) is 5.96. The first-order valence-electron chi connectivity index (χ1n) is 8.05. The van der Waals surface area contributed by atoms with E-state index in [2.05, 4.69) is 20.5 Å². The molecule has 0 radical (unpaired) electrons. The van der Waals surface area contributed by atoms with Gasteiger partial charge in [-0.3, -0.25) is 14.4 Å². The molecule has 0 saturated carbocycles. The lowest BCUT2D eigenvalue weighted by molar-refractivity contribution is -0.117. The monoisotopic (exact) mass is 382 g/mol. The highest BCUT2D eigenvalue weighted by Gasteiger charge is 2.14. The molecule has 136 valence electrons. The predicted octanol–water partition coefficient (Wildman–Crippen LogP) is 1.12. The summed E-state index contributed by atoms with van der Waals surface area (Å²) in [5.74, 6) is -0.0571. The van der Waals surface area contributed by atoms with Gasteiger partial charge in [0.05, 0.1) is 11.1 Å². The lowest BCUT2D eigenvalue weighted by atomic mass is 10.1. The van der Waals surface area contributed by atoms with Gasteiger partial charge >= 0.3 is 0 Å². The van der Waals surface area contributed by atoms with E-state index in [4.69, 9.17) is 0 Å². The predicted molar refractivity (Wildman–Crippen MR) is 101 cm³/mol. The average Bonchev–Trinajstić information content (AvgIpc) is 3.01. The van der Waals surface area contributed by atoms with E-state index in [1.54, 1.807) is 31.4 Å². The molecule has 4 aromatic rings. The summed E-state index contributed by atoms with van der Waals surface area (Å²) in [4.78, 5) is 40.9. The van der Waals surface area contributed by atoms with Gasteiger partial charge in [-0.25, -0.2) is 4.68 Å². The largest absolute Gasteiger partial charge is 0.308 e. The van der Waals surface area contributed by atoms with Gasteiger partial charge in [0.15, 0.2) is 0 Å². The van der Waals surface area contributed by atoms with Crippen molar-refractivity contribution in [3.05, 3.63) is 61.7 Å². The Hall–Kier alpha value is -3.40. The summed E-state index contributed by atoms with van der Waals surface area (Å²) in [5.41, 5.74) is 0.153. The normalized spacial score (nSPS) is 11.2. The molecule has 0 spiro atoms. The highest BCUT2D eigenvalue weighted by atomic mass is 32.1. The molecule has 0 bridgehead atoms. The average molecular weight is 382 g/mol. The van der Waals surface area contributed by atoms with Crippen molar-refractivity contribution in [3.63, 3.8) is 0 Å². The maximum atomic E-state index is 12.6. The van der Waals surface area contributed by atoms with Crippen LogP contribution in [-0.2, 0) is 11.3 Å². The molecule has 1 amide bonds. The van der Waals surface area contributed by atoms with Crippen LogP contribution in [0.5, 0.6) is 0 Å². The van der Waals surface area contributed by atoms with Crippen LogP contribution in [0.3, 0.4) is 0 Å². The van der Waals surface area contributed by atoms with Crippen LogP contribution in [0.1, 0.15) is 11.4 Å². The number of carbonyl (C=O) groups excluding carboxylic acids is 1. The summed E-state index contributed by atoms with van der Waals surface area (Å²) >= 11 is 1.18. The van der Waals surface area contributed by atoms with Crippen LogP contribution in [0.2, 0.25) is 0 Å². The van der Waals surface area contributed by atoms with Crippen molar-refractivity contribution in [2.45, 2.75) is 20.4 Å². The van der Waals surface area contributed by atoms with Crippen molar-refractivity contribution in [1.82, 2.24) is 24.4 Å². The van der Waals surface area contributed by atoms with E-state index in [-0.39, 0.29) is 17.8 Å². The molecule has 1 N–H and O–H groups in total. The van der Waals surface area contributed by atoms with Crippen molar-refractivity contribution in [3.8, 4) is 0 Å². The summed E-state index contributed by atoms with van der Waals surface area (Å²) in [6, 6.07) is 7.14. The Bertz CT molecular complexity index is 1320. The minimum Gasteiger partial charge on any atom is -0.308 e. The van der Waals surface area contributed by atoms with Gasteiger partial charge in [0.25, 0.3) is 11.1 Å². The van der Waals surface area contributed by atoms with Gasteiger partial charge in [-0.1, -0.05) is 18.2 Å². The number of thiazole rings is 1. The van der Waals surface area contributed by atoms with Gasteiger partial charge < -0.3 is 5.32 Å². The Morgan fingerprint density at radius 3 is 2.63 bits per heavy atom. The quantitative estimate of drug-likeness (QED) is 0.568. The standard InChI is InChI=1S/C17H14N6O3S/c1-9-11-5-3-4-6-12(11)16(26)22(20-9)7-14(24)18-13-8-27-17-19-15(25)10(2)21-23(13)17/h3-6,8H,7H2,1-2H3,(H,18,24). The third-order valence-corrected chi connectivity index (χ3v) is 4.87. The number of amides is 1. The minimum absolute atomic E-state index is 0.226. The molecule has 4 rings (SSSR count). The molecule has 27 heavy (non-hydrogen) atoms. The lowest BCUT2D eigenvalue weighted by Gasteiger charge is -2.09. The van der Waals surface area contributed by atoms with Gasteiger partial charge in [-0.2, -0.15) is 19.7 Å². The molecule has 9 nitrogen and oxygen atoms in total. The van der Waals surface area contributed by atoms with Crippen LogP contribution in [0.15, 0.2) is 39.2 Å². The summed E-state index contributed by atoms with van der Waals surface area (Å²) in [5, 5.41) is 13.9. The number of anilines is 1. The summed E-state index contributed by atoms with van der Waals surface area (Å²) in [7, 11) is 0. The van der Waals surface area contributed by atoms with E-state index < -0.39 is 11.5 Å². The smallest absolute Gasteiger partial charge is 0.295 e. The SMILES string of the molecule is Cc1nn2c(NC(=O)Cn3nc(C)c4ccccc4c3=O)csc2nc1=O. The van der Waals surface area contributed by atoms with Gasteiger partial charge in [0.2, 0.25) is 10.9 Å². The van der Waals surface area contributed by atoms with E-state index in [0.717, 1.165) is 10.1 Å². The third-order valence-electron chi connectivity index (χ3n) is 4.06. The molecule has 0 fully saturated rings. The van der Waals surface area contributed by atoms with E-state index >= 15 is 0 Å². The Labute approximate surface area is 155 Å². The zero-order valence-corrected chi connectivity index (χ0v) is 15.3. The van der Waals surface area contributed by atoms with Crippen LogP contribution < -0.4 is 16.4 Å². The molecule has 10 heteroatoms. The van der Waals surface area contributed by atoms with Gasteiger partial charge in [0.1, 0.15) is 18.1 Å². The van der Waals surface area contributed by atoms with Crippen LogP contribution >= 0.6 is 11.3 Å². The number of hydrogen-bond donors (Lipinski definition) is 1. The number of nitrogens with one attached hydrogen (secondary N) is 1. The first kappa shape index (κ1) is 17.0. The maximum Gasteiger partial charge on any atom is 0.295 e. The van der Waals surface area contributed by atoms with Crippen LogP contribution in [0.25, 0.3) is 15.7 Å². The second kappa shape index (κ2) is 6.40. The van der Waals surface area contributed by atoms with Crippen LogP contribution in [-0.4, -0.2) is 30.3 Å². The molecule has 0 aliphatic carbocycles. The van der Waals surface area contributed by atoms with Crippen molar-refractivity contribution in [2.75, 3.05) is 5.32 Å². The van der Waals surface area contributed by atoms with Crippen LogP contribution in [0.4, 0.5) is 5.82 Å². The zero-order chi connectivity index (χ0) is 19.1. The van der Waals surface area contributed by atoms with Crippen molar-refractivity contribution in [2.24, 2.45) is 0 Å². The number of rotatable bonds is 3. The Morgan fingerprint density at radius 2 is 1.85 bits per heavy atom. The lowest BCUT2D eigenvalue weighted by Crippen LogP contribution is -2.30. The fourth-order valence-corrected chi connectivity index (χ4v) is 3.51. The number of benzene rings is 1. The number of hydrogen-bond acceptors (Lipinski definition) is 7. The summed E-state index contributed by atoms with van der Waals surface area (Å²) in [6.07, 6.45) is 0. The van der Waals surface area contributed by atoms with Crippen molar-refractivity contribution < 1.29 is 4.79 Å². The third kappa shape index (κ3) is 2.99. The van der Waals surface area contributed by atoms with Gasteiger partial charge in [-0.15, -0.1) is 11.3 Å². The molecule has 3 heterocycles. The molecule has 0 aliphatic rings. The number of aromatic nitrogens is 5. The molecule has 0 saturated heterocycles. The zero-order valence-electron chi connectivity index (χ0n) is 14.5. The van der Waals surface area contributed by atoms with E-state index in [9.17, 15) is 14.4 Å². The number of fused-ring (bicyclic) bond motifs is 2. The number of aryl methyl sites for hydroxylation is 2. The Kier molecular flexibility index (Phi) is 4.04. The molecule has 0 aliphatic heterocycles. The van der Waals surface area contributed by atoms with Crippen molar-refractivity contribution in [1.29, 1.82) is 0 Å². The van der Waals surface area contributed by atoms with Crippen molar-refractivity contribution >= 4 is 38.8 Å². The van der Waals surface area contributed by atoms with E-state index in [1.165, 1.54) is 15.9 Å². The second-order valence-corrected chi connectivity index (χ2v) is 6.80. The number of nitrogens with zero attached hydrogens (tertiary/aromatic N) is 5. The first-order valence-corrected chi connectivity index (χ1v) is 8.93. The Morgan fingerprint density at radius 1 is 1.11 bits per heavy atom. The minimum atomic E-state index is -0.433. The van der Waals surface area contributed by atoms with Crippen LogP contribution in [0, 0.1) is 13.8 Å². The topological polar surface area (TPSA) is 111 Å². The maximum absolute atomic E-state index is 12.6. The highest BCUT2D eigenvalue weighted by molar-refractivity contribution is 7.15. The first-order chi connectivity index (χ1) is 12.9. The molecular weight excluding hydrogens is 368 g/mol. The molecule has 3 aromatic heterocycles. The number of carbonyl (C=O) groups is 1.